The number of aromatic nitrogens is 2. The van der Waals surface area contributed by atoms with Crippen molar-refractivity contribution in [1.82, 2.24) is 14.1 Å². The smallest absolute Gasteiger partial charge is 0.326 e. The van der Waals surface area contributed by atoms with E-state index in [2.05, 4.69) is 14.1 Å². The minimum atomic E-state index is -1.22. The molecule has 2 aromatic rings. The van der Waals surface area contributed by atoms with Gasteiger partial charge in [0.25, 0.3) is 5.91 Å². The first-order valence-corrected chi connectivity index (χ1v) is 6.52. The summed E-state index contributed by atoms with van der Waals surface area (Å²) in [5.74, 6) is -2.52. The summed E-state index contributed by atoms with van der Waals surface area (Å²) >= 11 is 0.842. The number of hydrogen-bond donors (Lipinski definition) is 4. The van der Waals surface area contributed by atoms with Crippen LogP contribution in [-0.4, -0.2) is 42.0 Å². The van der Waals surface area contributed by atoms with Gasteiger partial charge in [-0.05, 0) is 17.7 Å². The molecule has 110 valence electrons. The van der Waals surface area contributed by atoms with Crippen LogP contribution in [0, 0.1) is 0 Å². The van der Waals surface area contributed by atoms with E-state index >= 15 is 0 Å². The fourth-order valence-corrected chi connectivity index (χ4v) is 2.04. The number of carbonyl (C=O) groups is 2. The molecule has 0 aliphatic heterocycles. The van der Waals surface area contributed by atoms with E-state index in [9.17, 15) is 19.8 Å². The summed E-state index contributed by atoms with van der Waals surface area (Å²) in [5.41, 5.74) is 0.495. The van der Waals surface area contributed by atoms with Gasteiger partial charge in [0.05, 0.1) is 17.9 Å². The number of phenolic OH excluding ortho intramolecular Hbond substituents is 2. The van der Waals surface area contributed by atoms with Crippen molar-refractivity contribution in [3.05, 3.63) is 35.7 Å². The van der Waals surface area contributed by atoms with Gasteiger partial charge in [0, 0.05) is 6.42 Å². The van der Waals surface area contributed by atoms with Crippen molar-refractivity contribution in [1.29, 1.82) is 0 Å². The second kappa shape index (κ2) is 6.18. The molecule has 21 heavy (non-hydrogen) atoms. The number of carboxylic acid groups (broad SMARTS) is 1. The van der Waals surface area contributed by atoms with Gasteiger partial charge in [-0.2, -0.15) is 8.75 Å². The lowest BCUT2D eigenvalue weighted by Gasteiger charge is -2.14. The van der Waals surface area contributed by atoms with Gasteiger partial charge in [-0.1, -0.05) is 6.07 Å². The Labute approximate surface area is 123 Å². The van der Waals surface area contributed by atoms with E-state index in [0.29, 0.717) is 5.56 Å². The summed E-state index contributed by atoms with van der Waals surface area (Å²) in [6.45, 7) is 0. The average molecular weight is 309 g/mol. The van der Waals surface area contributed by atoms with Crippen LogP contribution in [0.4, 0.5) is 0 Å². The molecule has 4 N–H and O–H groups in total. The normalized spacial score (nSPS) is 11.8. The number of aliphatic carboxylic acids is 1. The van der Waals surface area contributed by atoms with E-state index in [1.54, 1.807) is 0 Å². The maximum absolute atomic E-state index is 11.8. The van der Waals surface area contributed by atoms with Crippen molar-refractivity contribution < 1.29 is 24.9 Å². The summed E-state index contributed by atoms with van der Waals surface area (Å²) in [7, 11) is 0. The van der Waals surface area contributed by atoms with Gasteiger partial charge in [0.2, 0.25) is 0 Å². The number of nitrogens with zero attached hydrogens (tertiary/aromatic N) is 2. The van der Waals surface area contributed by atoms with E-state index < -0.39 is 17.9 Å². The molecule has 0 aliphatic rings. The topological polar surface area (TPSA) is 133 Å². The molecule has 1 amide bonds. The number of hydrogen-bond acceptors (Lipinski definition) is 7. The molecule has 0 radical (unpaired) electrons. The van der Waals surface area contributed by atoms with Gasteiger partial charge >= 0.3 is 5.97 Å². The molecule has 8 nitrogen and oxygen atoms in total. The predicted octanol–water partition coefficient (Wildman–Crippen LogP) is 0.375. The van der Waals surface area contributed by atoms with Crippen molar-refractivity contribution in [3.8, 4) is 11.5 Å². The zero-order valence-corrected chi connectivity index (χ0v) is 11.4. The van der Waals surface area contributed by atoms with Crippen LogP contribution in [0.25, 0.3) is 0 Å². The average Bonchev–Trinajstić information content (AvgIpc) is 2.96. The molecule has 1 heterocycles. The Morgan fingerprint density at radius 2 is 2.05 bits per heavy atom. The molecule has 0 saturated heterocycles. The molecular weight excluding hydrogens is 298 g/mol. The van der Waals surface area contributed by atoms with Crippen LogP contribution in [0.3, 0.4) is 0 Å². The zero-order valence-electron chi connectivity index (χ0n) is 10.6. The molecule has 0 saturated carbocycles. The summed E-state index contributed by atoms with van der Waals surface area (Å²) in [5, 5.41) is 30.1. The Balaban J connectivity index is 2.10. The number of carbonyl (C=O) groups excluding carboxylic acids is 1. The van der Waals surface area contributed by atoms with Crippen LogP contribution in [0.1, 0.15) is 16.1 Å². The first-order valence-electron chi connectivity index (χ1n) is 5.79. The molecule has 0 fully saturated rings. The predicted molar refractivity (Wildman–Crippen MR) is 72.3 cm³/mol. The molecule has 1 aromatic heterocycles. The molecule has 0 aliphatic carbocycles. The van der Waals surface area contributed by atoms with Crippen molar-refractivity contribution in [2.45, 2.75) is 12.5 Å². The van der Waals surface area contributed by atoms with Crippen LogP contribution in [0.2, 0.25) is 0 Å². The van der Waals surface area contributed by atoms with Crippen LogP contribution < -0.4 is 5.32 Å². The van der Waals surface area contributed by atoms with Gasteiger partial charge < -0.3 is 20.6 Å². The van der Waals surface area contributed by atoms with E-state index in [0.717, 1.165) is 11.7 Å². The Kier molecular flexibility index (Phi) is 4.33. The van der Waals surface area contributed by atoms with Crippen molar-refractivity contribution >= 4 is 23.6 Å². The van der Waals surface area contributed by atoms with Crippen LogP contribution >= 0.6 is 11.7 Å². The van der Waals surface area contributed by atoms with E-state index in [4.69, 9.17) is 5.11 Å². The highest BCUT2D eigenvalue weighted by molar-refractivity contribution is 6.99. The molecule has 1 atom stereocenters. The van der Waals surface area contributed by atoms with Gasteiger partial charge in [0.15, 0.2) is 17.2 Å². The number of carboxylic acids is 1. The number of aromatic hydroxyl groups is 2. The third-order valence-electron chi connectivity index (χ3n) is 2.68. The minimum Gasteiger partial charge on any atom is -0.504 e. The highest BCUT2D eigenvalue weighted by Gasteiger charge is 2.22. The molecule has 0 unspecified atom stereocenters. The molecule has 1 aromatic carbocycles. The van der Waals surface area contributed by atoms with Gasteiger partial charge in [-0.15, -0.1) is 0 Å². The number of amides is 1. The lowest BCUT2D eigenvalue weighted by molar-refractivity contribution is -0.139. The van der Waals surface area contributed by atoms with Crippen LogP contribution in [0.15, 0.2) is 24.4 Å². The van der Waals surface area contributed by atoms with E-state index in [1.807, 2.05) is 0 Å². The highest BCUT2D eigenvalue weighted by atomic mass is 32.1. The first-order chi connectivity index (χ1) is 9.97. The van der Waals surface area contributed by atoms with Crippen molar-refractivity contribution in [2.24, 2.45) is 0 Å². The fraction of sp³-hybridized carbons (Fsp3) is 0.167. The third-order valence-corrected chi connectivity index (χ3v) is 3.16. The van der Waals surface area contributed by atoms with Crippen molar-refractivity contribution in [2.75, 3.05) is 0 Å². The van der Waals surface area contributed by atoms with Gasteiger partial charge in [-0.3, -0.25) is 4.79 Å². The maximum atomic E-state index is 11.8. The molecule has 2 rings (SSSR count). The highest BCUT2D eigenvalue weighted by Crippen LogP contribution is 2.25. The van der Waals surface area contributed by atoms with Crippen LogP contribution in [0.5, 0.6) is 11.5 Å². The number of nitrogens with one attached hydrogen (secondary N) is 1. The number of phenols is 2. The zero-order chi connectivity index (χ0) is 15.4. The minimum absolute atomic E-state index is 0.0415. The summed E-state index contributed by atoms with van der Waals surface area (Å²) in [6.07, 6.45) is 1.19. The fourth-order valence-electron chi connectivity index (χ4n) is 1.63. The molecule has 0 spiro atoms. The van der Waals surface area contributed by atoms with Gasteiger partial charge in [0.1, 0.15) is 6.04 Å². The monoisotopic (exact) mass is 309 g/mol. The van der Waals surface area contributed by atoms with Gasteiger partial charge in [-0.25, -0.2) is 4.79 Å². The van der Waals surface area contributed by atoms with E-state index in [1.165, 1.54) is 24.4 Å². The Hall–Kier alpha value is -2.68. The standard InChI is InChI=1S/C12H11N3O5S/c16-9-2-1-6(4-10(9)17)3-7(12(19)20)14-11(18)8-5-13-21-15-8/h1-2,4-5,7,16-17H,3H2,(H,14,18)(H,19,20)/t7-/m0/s1. The maximum Gasteiger partial charge on any atom is 0.326 e. The molecule has 9 heteroatoms. The number of benzene rings is 1. The largest absolute Gasteiger partial charge is 0.504 e. The summed E-state index contributed by atoms with van der Waals surface area (Å²) in [4.78, 5) is 23.0. The summed E-state index contributed by atoms with van der Waals surface area (Å²) < 4.78 is 7.38. The SMILES string of the molecule is O=C(N[C@@H](Cc1ccc(O)c(O)c1)C(=O)O)c1cnsn1. The Morgan fingerprint density at radius 1 is 1.29 bits per heavy atom. The Morgan fingerprint density at radius 3 is 2.62 bits per heavy atom. The molecule has 0 bridgehead atoms. The second-order valence-corrected chi connectivity index (χ2v) is 4.74. The molecular formula is C12H11N3O5S. The Bertz CT molecular complexity index is 659. The first kappa shape index (κ1) is 14.7. The lowest BCUT2D eigenvalue weighted by atomic mass is 10.1. The van der Waals surface area contributed by atoms with E-state index in [-0.39, 0.29) is 23.6 Å². The third kappa shape index (κ3) is 3.66. The second-order valence-electron chi connectivity index (χ2n) is 4.18. The summed E-state index contributed by atoms with van der Waals surface area (Å²) in [6, 6.07) is 2.75. The number of rotatable bonds is 5. The lowest BCUT2D eigenvalue weighted by Crippen LogP contribution is -2.42. The van der Waals surface area contributed by atoms with Crippen LogP contribution in [-0.2, 0) is 11.2 Å². The van der Waals surface area contributed by atoms with Crippen molar-refractivity contribution in [3.63, 3.8) is 0 Å². The quantitative estimate of drug-likeness (QED) is 0.587.